The van der Waals surface area contributed by atoms with Gasteiger partial charge in [0, 0.05) is 29.0 Å². The first-order chi connectivity index (χ1) is 11.1. The van der Waals surface area contributed by atoms with E-state index in [9.17, 15) is 9.59 Å². The van der Waals surface area contributed by atoms with Crippen LogP contribution in [0.1, 0.15) is 42.5 Å². The Bertz CT molecular complexity index is 533. The highest BCUT2D eigenvalue weighted by Crippen LogP contribution is 2.23. The second-order valence-electron chi connectivity index (χ2n) is 5.97. The zero-order valence-electron chi connectivity index (χ0n) is 13.2. The van der Waals surface area contributed by atoms with Crippen LogP contribution in [0.15, 0.2) is 28.7 Å². The van der Waals surface area contributed by atoms with E-state index in [4.69, 9.17) is 5.73 Å². The summed E-state index contributed by atoms with van der Waals surface area (Å²) in [7, 11) is 0. The molecular formula is C17H24BrN3O2. The molecule has 6 heteroatoms. The van der Waals surface area contributed by atoms with E-state index < -0.39 is 0 Å². The number of carbonyl (C=O) groups is 2. The Balaban J connectivity index is 1.72. The number of benzene rings is 1. The smallest absolute Gasteiger partial charge is 0.251 e. The first kappa shape index (κ1) is 17.9. The summed E-state index contributed by atoms with van der Waals surface area (Å²) in [5.74, 6) is 0.194. The lowest BCUT2D eigenvalue weighted by Gasteiger charge is -2.31. The minimum absolute atomic E-state index is 0.0218. The Morgan fingerprint density at radius 1 is 1.17 bits per heavy atom. The number of nitrogens with two attached hydrogens (primary N) is 1. The number of carbonyl (C=O) groups excluding carboxylic acids is 2. The van der Waals surface area contributed by atoms with Crippen molar-refractivity contribution in [2.24, 2.45) is 11.7 Å². The minimum Gasteiger partial charge on any atom is -0.353 e. The van der Waals surface area contributed by atoms with E-state index in [2.05, 4.69) is 26.6 Å². The van der Waals surface area contributed by atoms with E-state index in [0.717, 1.165) is 23.7 Å². The molecule has 2 atom stereocenters. The quantitative estimate of drug-likeness (QED) is 0.705. The molecule has 1 aliphatic carbocycles. The van der Waals surface area contributed by atoms with E-state index in [-0.39, 0.29) is 24.3 Å². The molecule has 1 aromatic carbocycles. The van der Waals surface area contributed by atoms with Gasteiger partial charge >= 0.3 is 0 Å². The highest BCUT2D eigenvalue weighted by Gasteiger charge is 2.25. The van der Waals surface area contributed by atoms with Crippen molar-refractivity contribution in [1.82, 2.24) is 10.6 Å². The SMILES string of the molecule is NCC1CCCCC1NC(=O)CCNC(=O)c1ccc(Br)cc1. The van der Waals surface area contributed by atoms with Crippen LogP contribution in [0, 0.1) is 5.92 Å². The van der Waals surface area contributed by atoms with Crippen molar-refractivity contribution in [1.29, 1.82) is 0 Å². The Morgan fingerprint density at radius 3 is 2.57 bits per heavy atom. The van der Waals surface area contributed by atoms with Crippen LogP contribution in [-0.2, 0) is 4.79 Å². The van der Waals surface area contributed by atoms with E-state index in [1.54, 1.807) is 12.1 Å². The molecule has 2 unspecified atom stereocenters. The average molecular weight is 382 g/mol. The molecule has 0 saturated heterocycles. The standard InChI is InChI=1S/C17H24BrN3O2/c18-14-7-5-12(6-8-14)17(23)20-10-9-16(22)21-15-4-2-1-3-13(15)11-19/h5-8,13,15H,1-4,9-11,19H2,(H,20,23)(H,21,22). The molecule has 126 valence electrons. The number of hydrogen-bond donors (Lipinski definition) is 3. The van der Waals surface area contributed by atoms with Crippen molar-refractivity contribution >= 4 is 27.7 Å². The van der Waals surface area contributed by atoms with Crippen molar-refractivity contribution in [3.63, 3.8) is 0 Å². The van der Waals surface area contributed by atoms with Gasteiger partial charge in [-0.25, -0.2) is 0 Å². The van der Waals surface area contributed by atoms with Crippen molar-refractivity contribution in [3.05, 3.63) is 34.3 Å². The molecule has 5 nitrogen and oxygen atoms in total. The number of hydrogen-bond acceptors (Lipinski definition) is 3. The molecule has 0 bridgehead atoms. The lowest BCUT2D eigenvalue weighted by atomic mass is 9.84. The number of rotatable bonds is 6. The Hall–Kier alpha value is -1.40. The van der Waals surface area contributed by atoms with Crippen molar-refractivity contribution < 1.29 is 9.59 Å². The Morgan fingerprint density at radius 2 is 1.87 bits per heavy atom. The second-order valence-corrected chi connectivity index (χ2v) is 6.88. The molecule has 0 spiro atoms. The van der Waals surface area contributed by atoms with Crippen LogP contribution in [0.3, 0.4) is 0 Å². The molecule has 23 heavy (non-hydrogen) atoms. The van der Waals surface area contributed by atoms with Gasteiger partial charge in [0.05, 0.1) is 0 Å². The largest absolute Gasteiger partial charge is 0.353 e. The molecule has 1 fully saturated rings. The molecule has 2 amide bonds. The highest BCUT2D eigenvalue weighted by atomic mass is 79.9. The topological polar surface area (TPSA) is 84.2 Å². The van der Waals surface area contributed by atoms with Gasteiger partial charge < -0.3 is 16.4 Å². The molecule has 4 N–H and O–H groups in total. The number of halogens is 1. The van der Waals surface area contributed by atoms with E-state index in [1.807, 2.05) is 12.1 Å². The summed E-state index contributed by atoms with van der Waals surface area (Å²) in [6.07, 6.45) is 4.70. The van der Waals surface area contributed by atoms with Crippen LogP contribution in [0.25, 0.3) is 0 Å². The third-order valence-corrected chi connectivity index (χ3v) is 4.83. The van der Waals surface area contributed by atoms with E-state index in [0.29, 0.717) is 24.6 Å². The lowest BCUT2D eigenvalue weighted by Crippen LogP contribution is -2.45. The third kappa shape index (κ3) is 5.62. The summed E-state index contributed by atoms with van der Waals surface area (Å²) in [5.41, 5.74) is 6.36. The summed E-state index contributed by atoms with van der Waals surface area (Å²) in [6, 6.07) is 7.30. The molecule has 0 aromatic heterocycles. The summed E-state index contributed by atoms with van der Waals surface area (Å²) < 4.78 is 0.926. The van der Waals surface area contributed by atoms with Gasteiger partial charge in [-0.3, -0.25) is 9.59 Å². The summed E-state index contributed by atoms with van der Waals surface area (Å²) >= 11 is 3.33. The monoisotopic (exact) mass is 381 g/mol. The van der Waals surface area contributed by atoms with Crippen LogP contribution in [-0.4, -0.2) is 30.9 Å². The maximum absolute atomic E-state index is 12.0. The summed E-state index contributed by atoms with van der Waals surface area (Å²) in [4.78, 5) is 24.0. The fraction of sp³-hybridized carbons (Fsp3) is 0.529. The molecule has 1 aromatic rings. The van der Waals surface area contributed by atoms with Crippen molar-refractivity contribution in [3.8, 4) is 0 Å². The van der Waals surface area contributed by atoms with E-state index in [1.165, 1.54) is 6.42 Å². The first-order valence-corrected chi connectivity index (χ1v) is 8.92. The Kier molecular flexibility index (Phi) is 7.05. The van der Waals surface area contributed by atoms with Crippen molar-refractivity contribution in [2.75, 3.05) is 13.1 Å². The van der Waals surface area contributed by atoms with Gasteiger partial charge in [-0.05, 0) is 49.6 Å². The van der Waals surface area contributed by atoms with Gasteiger partial charge in [0.15, 0.2) is 0 Å². The zero-order valence-corrected chi connectivity index (χ0v) is 14.8. The van der Waals surface area contributed by atoms with Gasteiger partial charge in [0.25, 0.3) is 5.91 Å². The molecular weight excluding hydrogens is 358 g/mol. The maximum Gasteiger partial charge on any atom is 0.251 e. The molecule has 0 radical (unpaired) electrons. The van der Waals surface area contributed by atoms with Crippen LogP contribution < -0.4 is 16.4 Å². The fourth-order valence-electron chi connectivity index (χ4n) is 2.95. The molecule has 0 aliphatic heterocycles. The highest BCUT2D eigenvalue weighted by molar-refractivity contribution is 9.10. The predicted molar refractivity (Wildman–Crippen MR) is 94.0 cm³/mol. The normalized spacial score (nSPS) is 20.8. The van der Waals surface area contributed by atoms with Crippen LogP contribution in [0.4, 0.5) is 0 Å². The predicted octanol–water partition coefficient (Wildman–Crippen LogP) is 2.20. The molecule has 2 rings (SSSR count). The van der Waals surface area contributed by atoms with Gasteiger partial charge in [0.2, 0.25) is 5.91 Å². The third-order valence-electron chi connectivity index (χ3n) is 4.30. The number of amides is 2. The first-order valence-electron chi connectivity index (χ1n) is 8.13. The zero-order chi connectivity index (χ0) is 16.7. The summed E-state index contributed by atoms with van der Waals surface area (Å²) in [6.45, 7) is 0.950. The van der Waals surface area contributed by atoms with Crippen LogP contribution >= 0.6 is 15.9 Å². The van der Waals surface area contributed by atoms with Crippen LogP contribution in [0.2, 0.25) is 0 Å². The molecule has 0 heterocycles. The molecule has 1 aliphatic rings. The maximum atomic E-state index is 12.0. The van der Waals surface area contributed by atoms with Crippen LogP contribution in [0.5, 0.6) is 0 Å². The number of nitrogens with one attached hydrogen (secondary N) is 2. The minimum atomic E-state index is -0.164. The summed E-state index contributed by atoms with van der Waals surface area (Å²) in [5, 5.41) is 5.84. The van der Waals surface area contributed by atoms with Gasteiger partial charge in [0.1, 0.15) is 0 Å². The lowest BCUT2D eigenvalue weighted by molar-refractivity contribution is -0.122. The van der Waals surface area contributed by atoms with Gasteiger partial charge in [-0.2, -0.15) is 0 Å². The van der Waals surface area contributed by atoms with Gasteiger partial charge in [-0.1, -0.05) is 28.8 Å². The second kappa shape index (κ2) is 9.03. The molecule has 1 saturated carbocycles. The van der Waals surface area contributed by atoms with Crippen molar-refractivity contribution in [2.45, 2.75) is 38.1 Å². The Labute approximate surface area is 145 Å². The van der Waals surface area contributed by atoms with E-state index >= 15 is 0 Å². The van der Waals surface area contributed by atoms with Gasteiger partial charge in [-0.15, -0.1) is 0 Å². The fourth-order valence-corrected chi connectivity index (χ4v) is 3.22. The average Bonchev–Trinajstić information content (AvgIpc) is 2.56.